The van der Waals surface area contributed by atoms with Gasteiger partial charge in [-0.05, 0) is 0 Å². The molecule has 0 aliphatic carbocycles. The Morgan fingerprint density at radius 2 is 2.00 bits per heavy atom. The fourth-order valence-corrected chi connectivity index (χ4v) is 2.16. The molecule has 6 heteroatoms. The molecule has 2 aromatic rings. The van der Waals surface area contributed by atoms with E-state index in [0.717, 1.165) is 0 Å². The van der Waals surface area contributed by atoms with Crippen molar-refractivity contribution in [2.24, 2.45) is 0 Å². The summed E-state index contributed by atoms with van der Waals surface area (Å²) in [6, 6.07) is 4.12. The monoisotopic (exact) mass is 264 g/mol. The van der Waals surface area contributed by atoms with Gasteiger partial charge in [0.25, 0.3) is 0 Å². The van der Waals surface area contributed by atoms with Gasteiger partial charge in [0.15, 0.2) is 6.29 Å². The molecule has 1 aromatic heterocycles. The van der Waals surface area contributed by atoms with Crippen LogP contribution in [0.2, 0.25) is 0 Å². The standard InChI is InChI=1S/C13H12O6/c1-16-9-4-7(14)5-10-12(9)8(6-11(15)19-10)13-17-2-3-18-13/h4-6,13-14H,2-3H2,1H3. The van der Waals surface area contributed by atoms with Gasteiger partial charge in [0.05, 0.1) is 25.7 Å². The summed E-state index contributed by atoms with van der Waals surface area (Å²) in [4.78, 5) is 11.6. The number of fused-ring (bicyclic) bond motifs is 1. The van der Waals surface area contributed by atoms with Crippen LogP contribution in [0.3, 0.4) is 0 Å². The van der Waals surface area contributed by atoms with Crippen LogP contribution in [0.4, 0.5) is 0 Å². The maximum Gasteiger partial charge on any atom is 0.336 e. The minimum absolute atomic E-state index is 0.0436. The summed E-state index contributed by atoms with van der Waals surface area (Å²) in [5.41, 5.74) is 0.244. The maximum atomic E-state index is 11.6. The molecule has 3 rings (SSSR count). The first-order valence-corrected chi connectivity index (χ1v) is 5.77. The highest BCUT2D eigenvalue weighted by Crippen LogP contribution is 2.37. The van der Waals surface area contributed by atoms with E-state index in [1.165, 1.54) is 25.3 Å². The van der Waals surface area contributed by atoms with E-state index in [0.29, 0.717) is 29.9 Å². The van der Waals surface area contributed by atoms with E-state index >= 15 is 0 Å². The summed E-state index contributed by atoms with van der Waals surface area (Å²) in [7, 11) is 1.47. The highest BCUT2D eigenvalue weighted by atomic mass is 16.7. The second kappa shape index (κ2) is 4.56. The van der Waals surface area contributed by atoms with E-state index in [9.17, 15) is 9.90 Å². The van der Waals surface area contributed by atoms with Crippen molar-refractivity contribution in [2.75, 3.05) is 20.3 Å². The largest absolute Gasteiger partial charge is 0.508 e. The van der Waals surface area contributed by atoms with Gasteiger partial charge in [-0.2, -0.15) is 0 Å². The van der Waals surface area contributed by atoms with Gasteiger partial charge in [-0.15, -0.1) is 0 Å². The second-order valence-electron chi connectivity index (χ2n) is 4.12. The summed E-state index contributed by atoms with van der Waals surface area (Å²) >= 11 is 0. The number of ether oxygens (including phenoxy) is 3. The molecule has 1 aliphatic rings. The Kier molecular flexibility index (Phi) is 2.88. The number of aromatic hydroxyl groups is 1. The maximum absolute atomic E-state index is 11.6. The molecule has 100 valence electrons. The molecule has 1 aliphatic heterocycles. The third kappa shape index (κ3) is 2.05. The van der Waals surface area contributed by atoms with Crippen molar-refractivity contribution >= 4 is 11.0 Å². The number of phenols is 1. The number of phenolic OH excluding ortho intramolecular Hbond substituents is 1. The van der Waals surface area contributed by atoms with Crippen LogP contribution in [-0.2, 0) is 9.47 Å². The van der Waals surface area contributed by atoms with Crippen LogP contribution >= 0.6 is 0 Å². The third-order valence-corrected chi connectivity index (χ3v) is 2.92. The molecular weight excluding hydrogens is 252 g/mol. The Labute approximate surface area is 108 Å². The molecular formula is C13H12O6. The van der Waals surface area contributed by atoms with Crippen molar-refractivity contribution in [3.8, 4) is 11.5 Å². The van der Waals surface area contributed by atoms with Gasteiger partial charge in [0.1, 0.15) is 17.1 Å². The van der Waals surface area contributed by atoms with E-state index in [2.05, 4.69) is 0 Å². The number of benzene rings is 1. The molecule has 1 fully saturated rings. The van der Waals surface area contributed by atoms with E-state index in [-0.39, 0.29) is 11.3 Å². The molecule has 0 unspecified atom stereocenters. The van der Waals surface area contributed by atoms with Crippen LogP contribution in [0.25, 0.3) is 11.0 Å². The number of hydrogen-bond acceptors (Lipinski definition) is 6. The molecule has 1 N–H and O–H groups in total. The molecule has 0 bridgehead atoms. The van der Waals surface area contributed by atoms with Crippen molar-refractivity contribution < 1.29 is 23.7 Å². The number of methoxy groups -OCH3 is 1. The third-order valence-electron chi connectivity index (χ3n) is 2.92. The lowest BCUT2D eigenvalue weighted by Gasteiger charge is -2.14. The van der Waals surface area contributed by atoms with Crippen LogP contribution in [0, 0.1) is 0 Å². The zero-order valence-electron chi connectivity index (χ0n) is 10.2. The van der Waals surface area contributed by atoms with E-state index in [4.69, 9.17) is 18.6 Å². The summed E-state index contributed by atoms with van der Waals surface area (Å²) in [6.07, 6.45) is -0.620. The Morgan fingerprint density at radius 3 is 2.68 bits per heavy atom. The molecule has 0 atom stereocenters. The van der Waals surface area contributed by atoms with Crippen LogP contribution in [0.15, 0.2) is 27.4 Å². The van der Waals surface area contributed by atoms with Gasteiger partial charge in [-0.1, -0.05) is 0 Å². The summed E-state index contributed by atoms with van der Waals surface area (Å²) in [6.45, 7) is 0.930. The molecule has 0 spiro atoms. The van der Waals surface area contributed by atoms with Gasteiger partial charge in [-0.3, -0.25) is 0 Å². The second-order valence-corrected chi connectivity index (χ2v) is 4.12. The van der Waals surface area contributed by atoms with Crippen molar-refractivity contribution in [3.05, 3.63) is 34.2 Å². The lowest BCUT2D eigenvalue weighted by atomic mass is 10.1. The molecule has 19 heavy (non-hydrogen) atoms. The van der Waals surface area contributed by atoms with Crippen LogP contribution in [0.5, 0.6) is 11.5 Å². The molecule has 6 nitrogen and oxygen atoms in total. The number of rotatable bonds is 2. The lowest BCUT2D eigenvalue weighted by Crippen LogP contribution is -2.07. The topological polar surface area (TPSA) is 78.1 Å². The highest BCUT2D eigenvalue weighted by molar-refractivity contribution is 5.88. The van der Waals surface area contributed by atoms with Crippen molar-refractivity contribution in [1.82, 2.24) is 0 Å². The smallest absolute Gasteiger partial charge is 0.336 e. The average molecular weight is 264 g/mol. The van der Waals surface area contributed by atoms with Gasteiger partial charge in [0, 0.05) is 23.8 Å². The zero-order chi connectivity index (χ0) is 13.4. The van der Waals surface area contributed by atoms with E-state index in [1.54, 1.807) is 0 Å². The first-order valence-electron chi connectivity index (χ1n) is 5.77. The van der Waals surface area contributed by atoms with Gasteiger partial charge < -0.3 is 23.7 Å². The first kappa shape index (κ1) is 12.0. The van der Waals surface area contributed by atoms with Crippen LogP contribution < -0.4 is 10.4 Å². The molecule has 2 heterocycles. The number of hydrogen-bond donors (Lipinski definition) is 1. The molecule has 0 saturated carbocycles. The summed E-state index contributed by atoms with van der Waals surface area (Å²) in [5.74, 6) is 0.353. The molecule has 1 saturated heterocycles. The van der Waals surface area contributed by atoms with Gasteiger partial charge >= 0.3 is 5.63 Å². The SMILES string of the molecule is COc1cc(O)cc2oc(=O)cc(C3OCCO3)c12. The minimum atomic E-state index is -0.620. The van der Waals surface area contributed by atoms with Crippen molar-refractivity contribution in [2.45, 2.75) is 6.29 Å². The fraction of sp³-hybridized carbons (Fsp3) is 0.308. The summed E-state index contributed by atoms with van der Waals surface area (Å²) < 4.78 is 21.1. The lowest BCUT2D eigenvalue weighted by molar-refractivity contribution is -0.0433. The highest BCUT2D eigenvalue weighted by Gasteiger charge is 2.24. The van der Waals surface area contributed by atoms with Crippen LogP contribution in [0.1, 0.15) is 11.9 Å². The predicted molar refractivity (Wildman–Crippen MR) is 65.3 cm³/mol. The zero-order valence-corrected chi connectivity index (χ0v) is 10.2. The Morgan fingerprint density at radius 1 is 1.26 bits per heavy atom. The van der Waals surface area contributed by atoms with Gasteiger partial charge in [-0.25, -0.2) is 4.79 Å². The normalized spacial score (nSPS) is 16.1. The fourth-order valence-electron chi connectivity index (χ4n) is 2.16. The predicted octanol–water partition coefficient (Wildman–Crippen LogP) is 1.55. The molecule has 0 amide bonds. The summed E-state index contributed by atoms with van der Waals surface area (Å²) in [5, 5.41) is 10.1. The molecule has 0 radical (unpaired) electrons. The Bertz CT molecular complexity index is 669. The quantitative estimate of drug-likeness (QED) is 0.829. The van der Waals surface area contributed by atoms with Crippen molar-refractivity contribution in [1.29, 1.82) is 0 Å². The van der Waals surface area contributed by atoms with Crippen LogP contribution in [-0.4, -0.2) is 25.4 Å². The Hall–Kier alpha value is -2.05. The van der Waals surface area contributed by atoms with E-state index < -0.39 is 11.9 Å². The van der Waals surface area contributed by atoms with Gasteiger partial charge in [0.2, 0.25) is 0 Å². The minimum Gasteiger partial charge on any atom is -0.508 e. The first-order chi connectivity index (χ1) is 9.19. The molecule has 1 aromatic carbocycles. The van der Waals surface area contributed by atoms with Crippen molar-refractivity contribution in [3.63, 3.8) is 0 Å². The average Bonchev–Trinajstić information content (AvgIpc) is 2.89. The Balaban J connectivity index is 2.32. The van der Waals surface area contributed by atoms with E-state index in [1.807, 2.05) is 0 Å².